The zero-order valence-electron chi connectivity index (χ0n) is 33.2. The predicted molar refractivity (Wildman–Crippen MR) is 248 cm³/mol. The predicted octanol–water partition coefficient (Wildman–Crippen LogP) is 13.6. The topological polar surface area (TPSA) is 51.6 Å². The maximum atomic E-state index is 5.22. The highest BCUT2D eigenvalue weighted by Gasteiger charge is 2.46. The Kier molecular flexibility index (Phi) is 9.02. The van der Waals surface area contributed by atoms with Crippen molar-refractivity contribution in [2.24, 2.45) is 0 Å². The third-order valence-electron chi connectivity index (χ3n) is 11.9. The highest BCUT2D eigenvalue weighted by Crippen LogP contribution is 2.56. The maximum absolute atomic E-state index is 5.22. The molecule has 11 rings (SSSR count). The van der Waals surface area contributed by atoms with Crippen molar-refractivity contribution in [3.05, 3.63) is 253 Å². The summed E-state index contributed by atoms with van der Waals surface area (Å²) in [5.74, 6) is 1.81. The van der Waals surface area contributed by atoms with Gasteiger partial charge >= 0.3 is 0 Å². The lowest BCUT2D eigenvalue weighted by atomic mass is 9.67. The smallest absolute Gasteiger partial charge is 0.164 e. The Hall–Kier alpha value is -8.08. The van der Waals surface area contributed by atoms with Crippen LogP contribution in [0.5, 0.6) is 0 Å². The Morgan fingerprint density at radius 1 is 0.279 bits per heavy atom. The van der Waals surface area contributed by atoms with Crippen molar-refractivity contribution in [3.63, 3.8) is 0 Å². The molecule has 286 valence electrons. The molecule has 2 aromatic heterocycles. The lowest BCUT2D eigenvalue weighted by Crippen LogP contribution is -2.28. The van der Waals surface area contributed by atoms with Gasteiger partial charge in [-0.25, -0.2) is 15.0 Å². The number of benzene rings is 8. The van der Waals surface area contributed by atoms with Gasteiger partial charge in [-0.05, 0) is 92.0 Å². The minimum Gasteiger partial charge on any atom is -0.256 e. The Morgan fingerprint density at radius 2 is 0.738 bits per heavy atom. The summed E-state index contributed by atoms with van der Waals surface area (Å²) in [6, 6.07) is 79.4. The number of rotatable bonds is 8. The highest BCUT2D eigenvalue weighted by molar-refractivity contribution is 5.89. The van der Waals surface area contributed by atoms with Crippen LogP contribution in [-0.2, 0) is 5.41 Å². The first-order chi connectivity index (χ1) is 30.2. The van der Waals surface area contributed by atoms with Gasteiger partial charge < -0.3 is 0 Å². The number of hydrogen-bond donors (Lipinski definition) is 0. The van der Waals surface area contributed by atoms with E-state index in [4.69, 9.17) is 19.9 Å². The first-order valence-electron chi connectivity index (χ1n) is 20.6. The summed E-state index contributed by atoms with van der Waals surface area (Å²) in [5, 5.41) is 0. The van der Waals surface area contributed by atoms with E-state index in [-0.39, 0.29) is 0 Å². The van der Waals surface area contributed by atoms with Crippen LogP contribution in [0.3, 0.4) is 0 Å². The van der Waals surface area contributed by atoms with Crippen molar-refractivity contribution in [2.45, 2.75) is 5.41 Å². The van der Waals surface area contributed by atoms with E-state index in [9.17, 15) is 0 Å². The van der Waals surface area contributed by atoms with Crippen LogP contribution in [0.15, 0.2) is 231 Å². The summed E-state index contributed by atoms with van der Waals surface area (Å²) in [7, 11) is 0. The molecule has 0 radical (unpaired) electrons. The fourth-order valence-corrected chi connectivity index (χ4v) is 9.02. The summed E-state index contributed by atoms with van der Waals surface area (Å²) < 4.78 is 0. The molecule has 0 amide bonds. The molecule has 8 aromatic carbocycles. The number of aromatic nitrogens is 4. The molecule has 0 aliphatic heterocycles. The maximum Gasteiger partial charge on any atom is 0.164 e. The van der Waals surface area contributed by atoms with Gasteiger partial charge in [-0.1, -0.05) is 188 Å². The van der Waals surface area contributed by atoms with Gasteiger partial charge in [-0.2, -0.15) is 0 Å². The molecule has 0 atom stereocenters. The Balaban J connectivity index is 1.11. The number of fused-ring (bicyclic) bond motifs is 3. The SMILES string of the molecule is c1ccc(-c2ccc(-c3nc(-c4ccccc4)nc(-c4cc(-c5ccc6c(c5)C(c5ccccc5)(c5ccccc5)c5ccccc5-6)cc(-c5ccccn5)c4)n3)cc2)cc1. The minimum atomic E-state index is -0.518. The first kappa shape index (κ1) is 36.0. The molecule has 2 heterocycles. The highest BCUT2D eigenvalue weighted by atomic mass is 15.0. The molecular formula is C57H38N4. The van der Waals surface area contributed by atoms with Crippen LogP contribution in [0.25, 0.3) is 78.8 Å². The zero-order chi connectivity index (χ0) is 40.6. The van der Waals surface area contributed by atoms with Gasteiger partial charge in [0.05, 0.1) is 11.1 Å². The molecule has 4 heteroatoms. The Labute approximate surface area is 355 Å². The van der Waals surface area contributed by atoms with Crippen LogP contribution in [-0.4, -0.2) is 19.9 Å². The molecule has 1 aliphatic rings. The van der Waals surface area contributed by atoms with E-state index in [1.165, 1.54) is 33.4 Å². The molecule has 1 aliphatic carbocycles. The monoisotopic (exact) mass is 778 g/mol. The lowest BCUT2D eigenvalue weighted by Gasteiger charge is -2.34. The Bertz CT molecular complexity index is 3110. The second kappa shape index (κ2) is 15.3. The van der Waals surface area contributed by atoms with Crippen molar-refractivity contribution in [1.29, 1.82) is 0 Å². The van der Waals surface area contributed by atoms with Crippen molar-refractivity contribution >= 4 is 0 Å². The van der Waals surface area contributed by atoms with Crippen LogP contribution < -0.4 is 0 Å². The van der Waals surface area contributed by atoms with Crippen molar-refractivity contribution in [3.8, 4) is 78.8 Å². The van der Waals surface area contributed by atoms with Gasteiger partial charge in [-0.3, -0.25) is 4.98 Å². The molecular weight excluding hydrogens is 741 g/mol. The van der Waals surface area contributed by atoms with Crippen molar-refractivity contribution < 1.29 is 0 Å². The molecule has 0 unspecified atom stereocenters. The van der Waals surface area contributed by atoms with Crippen molar-refractivity contribution in [1.82, 2.24) is 19.9 Å². The number of hydrogen-bond acceptors (Lipinski definition) is 4. The quantitative estimate of drug-likeness (QED) is 0.154. The van der Waals surface area contributed by atoms with E-state index in [1.807, 2.05) is 54.7 Å². The fourth-order valence-electron chi connectivity index (χ4n) is 9.02. The summed E-state index contributed by atoms with van der Waals surface area (Å²) in [6.45, 7) is 0. The number of pyridine rings is 1. The fraction of sp³-hybridized carbons (Fsp3) is 0.0175. The van der Waals surface area contributed by atoms with E-state index in [0.29, 0.717) is 17.5 Å². The minimum absolute atomic E-state index is 0.518. The van der Waals surface area contributed by atoms with E-state index in [1.54, 1.807) is 0 Å². The van der Waals surface area contributed by atoms with Gasteiger partial charge in [0.25, 0.3) is 0 Å². The molecule has 10 aromatic rings. The third kappa shape index (κ3) is 6.42. The largest absolute Gasteiger partial charge is 0.256 e. The van der Waals surface area contributed by atoms with Crippen LogP contribution in [0.4, 0.5) is 0 Å². The average molecular weight is 779 g/mol. The average Bonchev–Trinajstić information content (AvgIpc) is 3.65. The van der Waals surface area contributed by atoms with E-state index in [0.717, 1.165) is 50.2 Å². The van der Waals surface area contributed by atoms with Gasteiger partial charge in [0.2, 0.25) is 0 Å². The normalized spacial score (nSPS) is 12.4. The number of nitrogens with zero attached hydrogens (tertiary/aromatic N) is 4. The van der Waals surface area contributed by atoms with Crippen LogP contribution in [0.2, 0.25) is 0 Å². The second-order valence-electron chi connectivity index (χ2n) is 15.4. The first-order valence-corrected chi connectivity index (χ1v) is 20.6. The van der Waals surface area contributed by atoms with E-state index >= 15 is 0 Å². The van der Waals surface area contributed by atoms with E-state index < -0.39 is 5.41 Å². The Morgan fingerprint density at radius 3 is 1.38 bits per heavy atom. The standard InChI is InChI=1S/C57H38N4/c1-5-17-39(18-6-1)40-28-30-42(31-29-40)55-59-54(41-19-7-2-8-20-41)60-56(61-55)46-36-44(35-45(37-46)53-27-15-16-34-58-53)43-32-33-50-49-25-13-14-26-51(49)57(52(50)38-43,47-21-9-3-10-22-47)48-23-11-4-12-24-48/h1-38H. The van der Waals surface area contributed by atoms with E-state index in [2.05, 4.69) is 176 Å². The van der Waals surface area contributed by atoms with Crippen molar-refractivity contribution in [2.75, 3.05) is 0 Å². The summed E-state index contributed by atoms with van der Waals surface area (Å²) >= 11 is 0. The molecule has 61 heavy (non-hydrogen) atoms. The third-order valence-corrected chi connectivity index (χ3v) is 11.9. The van der Waals surface area contributed by atoms with Gasteiger partial charge in [0, 0.05) is 28.5 Å². The lowest BCUT2D eigenvalue weighted by molar-refractivity contribution is 0.769. The molecule has 0 saturated carbocycles. The van der Waals surface area contributed by atoms with Gasteiger partial charge in [0.1, 0.15) is 0 Å². The molecule has 0 saturated heterocycles. The summed E-state index contributed by atoms with van der Waals surface area (Å²) in [5.41, 5.74) is 16.0. The van der Waals surface area contributed by atoms with Crippen LogP contribution >= 0.6 is 0 Å². The molecule has 0 spiro atoms. The molecule has 0 N–H and O–H groups in total. The molecule has 0 bridgehead atoms. The van der Waals surface area contributed by atoms with Gasteiger partial charge in [-0.15, -0.1) is 0 Å². The molecule has 4 nitrogen and oxygen atoms in total. The summed E-state index contributed by atoms with van der Waals surface area (Å²) in [6.07, 6.45) is 1.84. The van der Waals surface area contributed by atoms with Gasteiger partial charge in [0.15, 0.2) is 17.5 Å². The summed E-state index contributed by atoms with van der Waals surface area (Å²) in [4.78, 5) is 20.3. The zero-order valence-corrected chi connectivity index (χ0v) is 33.2. The second-order valence-corrected chi connectivity index (χ2v) is 15.4. The van der Waals surface area contributed by atoms with Crippen LogP contribution in [0, 0.1) is 0 Å². The van der Waals surface area contributed by atoms with Crippen LogP contribution in [0.1, 0.15) is 22.3 Å². The molecule has 0 fully saturated rings.